The van der Waals surface area contributed by atoms with E-state index in [0.717, 1.165) is 25.7 Å². The molecule has 0 spiro atoms. The molecule has 3 N–H and O–H groups in total. The van der Waals surface area contributed by atoms with Crippen molar-refractivity contribution in [3.63, 3.8) is 0 Å². The van der Waals surface area contributed by atoms with Crippen LogP contribution in [0.3, 0.4) is 0 Å². The number of carbonyl (C=O) groups excluding carboxylic acids is 1. The van der Waals surface area contributed by atoms with Crippen molar-refractivity contribution in [2.75, 3.05) is 20.7 Å². The molecule has 0 aliphatic heterocycles. The van der Waals surface area contributed by atoms with Crippen LogP contribution in [0.5, 0.6) is 5.75 Å². The van der Waals surface area contributed by atoms with Gasteiger partial charge in [-0.25, -0.2) is 0 Å². The van der Waals surface area contributed by atoms with Gasteiger partial charge in [0, 0.05) is 25.0 Å². The van der Waals surface area contributed by atoms with Crippen LogP contribution in [0.2, 0.25) is 0 Å². The third-order valence-electron chi connectivity index (χ3n) is 6.01. The highest BCUT2D eigenvalue weighted by molar-refractivity contribution is 5.97. The first-order valence-corrected chi connectivity index (χ1v) is 10.5. The Morgan fingerprint density at radius 3 is 2.48 bits per heavy atom. The Kier molecular flexibility index (Phi) is 7.50. The average molecular weight is 420 g/mol. The van der Waals surface area contributed by atoms with Gasteiger partial charge in [0.2, 0.25) is 12.2 Å². The number of amides is 1. The maximum absolute atomic E-state index is 12.9. The third kappa shape index (κ3) is 5.34. The van der Waals surface area contributed by atoms with Gasteiger partial charge in [0.05, 0.1) is 12.7 Å². The zero-order valence-corrected chi connectivity index (χ0v) is 18.0. The van der Waals surface area contributed by atoms with Gasteiger partial charge in [-0.3, -0.25) is 4.79 Å². The summed E-state index contributed by atoms with van der Waals surface area (Å²) in [6.45, 7) is 0.547. The molecule has 1 amide bonds. The summed E-state index contributed by atoms with van der Waals surface area (Å²) in [5, 5.41) is 18.2. The van der Waals surface area contributed by atoms with E-state index in [1.807, 2.05) is 36.5 Å². The first-order valence-electron chi connectivity index (χ1n) is 10.5. The predicted molar refractivity (Wildman–Crippen MR) is 121 cm³/mol. The van der Waals surface area contributed by atoms with Crippen LogP contribution in [0.4, 0.5) is 0 Å². The summed E-state index contributed by atoms with van der Waals surface area (Å²) >= 11 is 0. The van der Waals surface area contributed by atoms with Crippen molar-refractivity contribution in [3.8, 4) is 11.9 Å². The first-order chi connectivity index (χ1) is 15.1. The van der Waals surface area contributed by atoms with Crippen molar-refractivity contribution < 1.29 is 9.53 Å². The second-order valence-electron chi connectivity index (χ2n) is 7.76. The predicted octanol–water partition coefficient (Wildman–Crippen LogP) is 2.95. The second kappa shape index (κ2) is 10.5. The third-order valence-corrected chi connectivity index (χ3v) is 6.01. The molecule has 3 rings (SSSR count). The Labute approximate surface area is 183 Å². The number of aliphatic imine (C=N–C) groups is 1. The maximum Gasteiger partial charge on any atom is 0.255 e. The fourth-order valence-electron chi connectivity index (χ4n) is 4.25. The van der Waals surface area contributed by atoms with Gasteiger partial charge in [0.25, 0.3) is 5.91 Å². The van der Waals surface area contributed by atoms with Crippen molar-refractivity contribution in [2.45, 2.75) is 37.1 Å². The largest absolute Gasteiger partial charge is 0.496 e. The lowest BCUT2D eigenvalue weighted by Crippen LogP contribution is -2.49. The number of nitrogens with one attached hydrogen (secondary N) is 3. The molecule has 1 aliphatic carbocycles. The minimum absolute atomic E-state index is 0.133. The van der Waals surface area contributed by atoms with E-state index in [1.54, 1.807) is 26.3 Å². The molecule has 0 saturated heterocycles. The zero-order valence-electron chi connectivity index (χ0n) is 18.0. The molecule has 1 saturated carbocycles. The lowest BCUT2D eigenvalue weighted by molar-refractivity contribution is 0.0932. The summed E-state index contributed by atoms with van der Waals surface area (Å²) in [6.07, 6.45) is 5.44. The first kappa shape index (κ1) is 22.2. The van der Waals surface area contributed by atoms with Crippen LogP contribution in [0.1, 0.15) is 41.6 Å². The summed E-state index contributed by atoms with van der Waals surface area (Å²) in [5.41, 5.74) is 1.62. The minimum Gasteiger partial charge on any atom is -0.496 e. The Balaban J connectivity index is 1.74. The number of methoxy groups -OCH3 is 1. The Bertz CT molecular complexity index is 944. The summed E-state index contributed by atoms with van der Waals surface area (Å²) in [4.78, 5) is 16.7. The molecule has 2 aromatic carbocycles. The standard InChI is InChI=1S/C24H29N5O2/c1-26-23(28-17-25)29-19-12-14-24(15-13-19,18-8-4-3-5-9-18)16-27-22(30)20-10-6-7-11-21(20)31-2/h3-11,19H,12-16H2,1-2H3,(H,27,30)(H2,26,28,29)/t19-,24-. The van der Waals surface area contributed by atoms with E-state index in [0.29, 0.717) is 23.8 Å². The van der Waals surface area contributed by atoms with Crippen molar-refractivity contribution in [1.29, 1.82) is 5.26 Å². The average Bonchev–Trinajstić information content (AvgIpc) is 2.83. The number of rotatable bonds is 6. The molecule has 0 bridgehead atoms. The van der Waals surface area contributed by atoms with Crippen molar-refractivity contribution in [1.82, 2.24) is 16.0 Å². The van der Waals surface area contributed by atoms with Crippen molar-refractivity contribution >= 4 is 11.9 Å². The highest BCUT2D eigenvalue weighted by Crippen LogP contribution is 2.39. The van der Waals surface area contributed by atoms with Gasteiger partial charge in [-0.05, 0) is 43.4 Å². The van der Waals surface area contributed by atoms with E-state index < -0.39 is 0 Å². The number of nitrogens with zero attached hydrogens (tertiary/aromatic N) is 2. The van der Waals surface area contributed by atoms with Gasteiger partial charge < -0.3 is 20.7 Å². The molecular formula is C24H29N5O2. The molecule has 0 unspecified atom stereocenters. The van der Waals surface area contributed by atoms with Gasteiger partial charge in [-0.2, -0.15) is 5.26 Å². The molecule has 0 heterocycles. The van der Waals surface area contributed by atoms with Crippen LogP contribution >= 0.6 is 0 Å². The quantitative estimate of drug-likeness (QED) is 0.380. The minimum atomic E-state index is -0.150. The van der Waals surface area contributed by atoms with E-state index >= 15 is 0 Å². The lowest BCUT2D eigenvalue weighted by atomic mass is 9.68. The van der Waals surface area contributed by atoms with Crippen molar-refractivity contribution in [2.24, 2.45) is 4.99 Å². The zero-order chi connectivity index (χ0) is 22.1. The van der Waals surface area contributed by atoms with Gasteiger partial charge >= 0.3 is 0 Å². The highest BCUT2D eigenvalue weighted by Gasteiger charge is 2.37. The van der Waals surface area contributed by atoms with E-state index in [-0.39, 0.29) is 17.4 Å². The van der Waals surface area contributed by atoms with E-state index in [4.69, 9.17) is 10.00 Å². The normalized spacial score (nSPS) is 20.9. The molecule has 7 nitrogen and oxygen atoms in total. The van der Waals surface area contributed by atoms with Crippen molar-refractivity contribution in [3.05, 3.63) is 65.7 Å². The number of nitriles is 1. The summed E-state index contributed by atoms with van der Waals surface area (Å²) in [7, 11) is 3.31. The molecule has 7 heteroatoms. The van der Waals surface area contributed by atoms with Gasteiger partial charge in [-0.1, -0.05) is 42.5 Å². The van der Waals surface area contributed by atoms with E-state index in [9.17, 15) is 4.79 Å². The van der Waals surface area contributed by atoms with Crippen LogP contribution in [0.25, 0.3) is 0 Å². The van der Waals surface area contributed by atoms with Crippen LogP contribution in [0, 0.1) is 11.5 Å². The number of benzene rings is 2. The number of para-hydroxylation sites is 1. The van der Waals surface area contributed by atoms with Crippen LogP contribution < -0.4 is 20.7 Å². The van der Waals surface area contributed by atoms with Crippen LogP contribution in [0.15, 0.2) is 59.6 Å². The Morgan fingerprint density at radius 2 is 1.84 bits per heavy atom. The molecule has 0 radical (unpaired) electrons. The van der Waals surface area contributed by atoms with Crippen LogP contribution in [-0.4, -0.2) is 38.6 Å². The molecule has 162 valence electrons. The number of ether oxygens (including phenoxy) is 1. The molecule has 2 aromatic rings. The molecule has 0 atom stereocenters. The highest BCUT2D eigenvalue weighted by atomic mass is 16.5. The number of hydrogen-bond donors (Lipinski definition) is 3. The molecule has 0 aromatic heterocycles. The molecule has 1 fully saturated rings. The summed E-state index contributed by atoms with van der Waals surface area (Å²) in [6, 6.07) is 17.9. The number of guanidine groups is 1. The van der Waals surface area contributed by atoms with Gasteiger partial charge in [0.1, 0.15) is 5.75 Å². The fourth-order valence-corrected chi connectivity index (χ4v) is 4.25. The van der Waals surface area contributed by atoms with Gasteiger partial charge in [-0.15, -0.1) is 4.99 Å². The van der Waals surface area contributed by atoms with E-state index in [1.165, 1.54) is 5.56 Å². The second-order valence-corrected chi connectivity index (χ2v) is 7.76. The number of carbonyl (C=O) groups is 1. The number of hydrogen-bond acceptors (Lipinski definition) is 4. The smallest absolute Gasteiger partial charge is 0.255 e. The molecular weight excluding hydrogens is 390 g/mol. The lowest BCUT2D eigenvalue weighted by Gasteiger charge is -2.41. The molecule has 1 aliphatic rings. The maximum atomic E-state index is 12.9. The topological polar surface area (TPSA) is 98.5 Å². The molecule has 31 heavy (non-hydrogen) atoms. The Morgan fingerprint density at radius 1 is 1.16 bits per heavy atom. The van der Waals surface area contributed by atoms with Gasteiger partial charge in [0.15, 0.2) is 0 Å². The monoisotopic (exact) mass is 419 g/mol. The summed E-state index contributed by atoms with van der Waals surface area (Å²) in [5.74, 6) is 0.925. The van der Waals surface area contributed by atoms with Crippen LogP contribution in [-0.2, 0) is 5.41 Å². The summed E-state index contributed by atoms with van der Waals surface area (Å²) < 4.78 is 5.34. The SMILES string of the molecule is CN/C(=N\C#N)N[C@H]1CC[C@](CNC(=O)c2ccccc2OC)(c2ccccc2)CC1. The Hall–Kier alpha value is -3.53. The fraction of sp³-hybridized carbons (Fsp3) is 0.375. The van der Waals surface area contributed by atoms with E-state index in [2.05, 4.69) is 33.1 Å².